The molecule has 2 rings (SSSR count). The average Bonchev–Trinajstić information content (AvgIpc) is 2.72. The number of halogens is 2. The molecule has 0 saturated carbocycles. The van der Waals surface area contributed by atoms with Crippen LogP contribution in [-0.2, 0) is 21.9 Å². The molecule has 2 aromatic rings. The van der Waals surface area contributed by atoms with Crippen LogP contribution in [0.15, 0.2) is 42.5 Å². The minimum Gasteiger partial charge on any atom is -0.354 e. The van der Waals surface area contributed by atoms with Gasteiger partial charge in [0, 0.05) is 28.9 Å². The lowest BCUT2D eigenvalue weighted by atomic mass is 10.1. The molecule has 0 saturated heterocycles. The van der Waals surface area contributed by atoms with Crippen molar-refractivity contribution in [1.29, 1.82) is 0 Å². The van der Waals surface area contributed by atoms with Gasteiger partial charge < -0.3 is 10.2 Å². The molecule has 2 amide bonds. The van der Waals surface area contributed by atoms with Crippen LogP contribution in [0.2, 0.25) is 10.0 Å². The number of nitrogens with one attached hydrogen (secondary N) is 1. The Labute approximate surface area is 199 Å². The van der Waals surface area contributed by atoms with Crippen molar-refractivity contribution < 1.29 is 9.59 Å². The molecular weight excluding hydrogens is 451 g/mol. The fraction of sp³-hybridized carbons (Fsp3) is 0.417. The summed E-state index contributed by atoms with van der Waals surface area (Å²) in [6.07, 6.45) is 0. The van der Waals surface area contributed by atoms with E-state index in [1.807, 2.05) is 26.0 Å². The lowest BCUT2D eigenvalue weighted by Crippen LogP contribution is -2.48. The normalized spacial score (nSPS) is 12.0. The van der Waals surface area contributed by atoms with Gasteiger partial charge in [-0.1, -0.05) is 67.4 Å². The van der Waals surface area contributed by atoms with Crippen LogP contribution in [0.1, 0.15) is 37.5 Å². The average molecular weight is 481 g/mol. The molecular formula is C24H30Cl2N2O2S. The van der Waals surface area contributed by atoms with Crippen molar-refractivity contribution in [1.82, 2.24) is 10.2 Å². The van der Waals surface area contributed by atoms with E-state index in [4.69, 9.17) is 23.2 Å². The summed E-state index contributed by atoms with van der Waals surface area (Å²) in [4.78, 5) is 27.4. The fourth-order valence-corrected chi connectivity index (χ4v) is 4.43. The number of carbonyl (C=O) groups is 2. The van der Waals surface area contributed by atoms with Crippen molar-refractivity contribution in [2.75, 3.05) is 12.3 Å². The van der Waals surface area contributed by atoms with E-state index in [2.05, 4.69) is 24.4 Å². The van der Waals surface area contributed by atoms with Gasteiger partial charge in [0.15, 0.2) is 0 Å². The molecule has 0 aromatic heterocycles. The molecule has 0 unspecified atom stereocenters. The number of hydrogen-bond acceptors (Lipinski definition) is 3. The molecule has 0 aliphatic carbocycles. The van der Waals surface area contributed by atoms with Crippen LogP contribution in [0, 0.1) is 12.8 Å². The van der Waals surface area contributed by atoms with Crippen molar-refractivity contribution in [3.05, 3.63) is 69.2 Å². The number of amides is 2. The van der Waals surface area contributed by atoms with Crippen molar-refractivity contribution in [2.24, 2.45) is 5.92 Å². The summed E-state index contributed by atoms with van der Waals surface area (Å²) in [5.74, 6) is 1.08. The van der Waals surface area contributed by atoms with Gasteiger partial charge in [-0.2, -0.15) is 0 Å². The summed E-state index contributed by atoms with van der Waals surface area (Å²) in [5, 5.41) is 3.93. The van der Waals surface area contributed by atoms with Crippen LogP contribution in [0.5, 0.6) is 0 Å². The first-order chi connectivity index (χ1) is 14.7. The van der Waals surface area contributed by atoms with E-state index in [1.54, 1.807) is 41.8 Å². The minimum absolute atomic E-state index is 0.100. The summed E-state index contributed by atoms with van der Waals surface area (Å²) in [6, 6.07) is 12.7. The molecule has 1 atom stereocenters. The van der Waals surface area contributed by atoms with Crippen molar-refractivity contribution in [2.45, 2.75) is 46.0 Å². The third kappa shape index (κ3) is 8.06. The molecule has 0 radical (unpaired) electrons. The summed E-state index contributed by atoms with van der Waals surface area (Å²) in [7, 11) is 0. The molecule has 0 aliphatic rings. The van der Waals surface area contributed by atoms with Crippen molar-refractivity contribution in [3.63, 3.8) is 0 Å². The number of hydrogen-bond donors (Lipinski definition) is 1. The Morgan fingerprint density at radius 3 is 2.42 bits per heavy atom. The van der Waals surface area contributed by atoms with Crippen molar-refractivity contribution in [3.8, 4) is 0 Å². The van der Waals surface area contributed by atoms with Gasteiger partial charge in [0.1, 0.15) is 6.04 Å². The minimum atomic E-state index is -0.614. The lowest BCUT2D eigenvalue weighted by Gasteiger charge is -2.29. The third-order valence-corrected chi connectivity index (χ3v) is 6.51. The second-order valence-corrected chi connectivity index (χ2v) is 9.82. The molecule has 0 bridgehead atoms. The third-order valence-electron chi connectivity index (χ3n) is 4.95. The maximum absolute atomic E-state index is 13.1. The number of nitrogens with zero attached hydrogens (tertiary/aromatic N) is 1. The molecule has 31 heavy (non-hydrogen) atoms. The first-order valence-electron chi connectivity index (χ1n) is 10.3. The van der Waals surface area contributed by atoms with Crippen LogP contribution in [0.3, 0.4) is 0 Å². The first-order valence-corrected chi connectivity index (χ1v) is 12.2. The highest BCUT2D eigenvalue weighted by molar-refractivity contribution is 7.99. The maximum atomic E-state index is 13.1. The lowest BCUT2D eigenvalue weighted by molar-refractivity contribution is -0.138. The molecule has 0 heterocycles. The molecule has 168 valence electrons. The molecule has 2 aromatic carbocycles. The fourth-order valence-electron chi connectivity index (χ4n) is 2.97. The number of carbonyl (C=O) groups excluding carboxylic acids is 2. The Balaban J connectivity index is 2.12. The highest BCUT2D eigenvalue weighted by atomic mass is 35.5. The van der Waals surface area contributed by atoms with Crippen molar-refractivity contribution >= 4 is 46.8 Å². The van der Waals surface area contributed by atoms with E-state index in [1.165, 1.54) is 11.1 Å². The summed E-state index contributed by atoms with van der Waals surface area (Å²) < 4.78 is 0. The van der Waals surface area contributed by atoms with Gasteiger partial charge in [0.05, 0.1) is 5.75 Å². The Morgan fingerprint density at radius 1 is 1.06 bits per heavy atom. The second kappa shape index (κ2) is 12.4. The van der Waals surface area contributed by atoms with Crippen LogP contribution >= 0.6 is 35.0 Å². The molecule has 4 nitrogen and oxygen atoms in total. The zero-order valence-electron chi connectivity index (χ0n) is 18.5. The van der Waals surface area contributed by atoms with E-state index in [0.29, 0.717) is 22.5 Å². The highest BCUT2D eigenvalue weighted by Crippen LogP contribution is 2.24. The van der Waals surface area contributed by atoms with Gasteiger partial charge in [0.2, 0.25) is 11.8 Å². The summed E-state index contributed by atoms with van der Waals surface area (Å²) >= 11 is 13.9. The molecule has 7 heteroatoms. The van der Waals surface area contributed by atoms with Crippen LogP contribution in [0.4, 0.5) is 0 Å². The topological polar surface area (TPSA) is 49.4 Å². The predicted octanol–water partition coefficient (Wildman–Crippen LogP) is 5.72. The monoisotopic (exact) mass is 480 g/mol. The van der Waals surface area contributed by atoms with E-state index in [-0.39, 0.29) is 24.1 Å². The van der Waals surface area contributed by atoms with E-state index >= 15 is 0 Å². The Kier molecular flexibility index (Phi) is 10.2. The van der Waals surface area contributed by atoms with Crippen LogP contribution in [0.25, 0.3) is 0 Å². The number of rotatable bonds is 10. The summed E-state index contributed by atoms with van der Waals surface area (Å²) in [6.45, 7) is 8.69. The van der Waals surface area contributed by atoms with Gasteiger partial charge in [-0.3, -0.25) is 9.59 Å². The molecule has 0 aliphatic heterocycles. The first kappa shape index (κ1) is 25.6. The van der Waals surface area contributed by atoms with Crippen LogP contribution < -0.4 is 5.32 Å². The highest BCUT2D eigenvalue weighted by Gasteiger charge is 2.26. The molecule has 0 fully saturated rings. The largest absolute Gasteiger partial charge is 0.354 e. The van der Waals surface area contributed by atoms with E-state index < -0.39 is 6.04 Å². The number of aryl methyl sites for hydroxylation is 1. The van der Waals surface area contributed by atoms with Gasteiger partial charge in [-0.05, 0) is 48.6 Å². The van der Waals surface area contributed by atoms with E-state index in [9.17, 15) is 9.59 Å². The number of benzene rings is 2. The van der Waals surface area contributed by atoms with Gasteiger partial charge >= 0.3 is 0 Å². The quantitative estimate of drug-likeness (QED) is 0.472. The predicted molar refractivity (Wildman–Crippen MR) is 132 cm³/mol. The Hall–Kier alpha value is -1.69. The molecule has 1 N–H and O–H groups in total. The zero-order valence-corrected chi connectivity index (χ0v) is 20.8. The number of thioether (sulfide) groups is 1. The van der Waals surface area contributed by atoms with E-state index in [0.717, 1.165) is 11.3 Å². The van der Waals surface area contributed by atoms with Crippen LogP contribution in [-0.4, -0.2) is 35.1 Å². The second-order valence-electron chi connectivity index (χ2n) is 7.99. The molecule has 0 spiro atoms. The Bertz CT molecular complexity index is 905. The van der Waals surface area contributed by atoms with Gasteiger partial charge in [0.25, 0.3) is 0 Å². The summed E-state index contributed by atoms with van der Waals surface area (Å²) in [5.41, 5.74) is 3.16. The SMILES string of the molecule is Cc1ccccc1CSCC(=O)N(Cc1ccc(Cl)cc1Cl)[C@@H](C)C(=O)NCC(C)C. The Morgan fingerprint density at radius 2 is 1.77 bits per heavy atom. The smallest absolute Gasteiger partial charge is 0.242 e. The van der Waals surface area contributed by atoms with Gasteiger partial charge in [-0.15, -0.1) is 11.8 Å². The zero-order chi connectivity index (χ0) is 23.0. The van der Waals surface area contributed by atoms with Gasteiger partial charge in [-0.25, -0.2) is 0 Å². The standard InChI is InChI=1S/C24H30Cl2N2O2S/c1-16(2)12-27-24(30)18(4)28(13-19-9-10-21(25)11-22(19)26)23(29)15-31-14-20-8-6-5-7-17(20)3/h5-11,16,18H,12-15H2,1-4H3,(H,27,30)/t18-/m0/s1. The maximum Gasteiger partial charge on any atom is 0.242 e.